The Balaban J connectivity index is 1.92. The highest BCUT2D eigenvalue weighted by Gasteiger charge is 2.19. The predicted molar refractivity (Wildman–Crippen MR) is 72.4 cm³/mol. The van der Waals surface area contributed by atoms with E-state index < -0.39 is 11.9 Å². The van der Waals surface area contributed by atoms with Gasteiger partial charge < -0.3 is 5.11 Å². The van der Waals surface area contributed by atoms with E-state index in [-0.39, 0.29) is 0 Å². The molecule has 2 aromatic rings. The van der Waals surface area contributed by atoms with Crippen molar-refractivity contribution in [2.75, 3.05) is 5.75 Å². The Kier molecular flexibility index (Phi) is 3.37. The lowest BCUT2D eigenvalue weighted by molar-refractivity contribution is 0.223. The van der Waals surface area contributed by atoms with E-state index in [2.05, 4.69) is 4.98 Å². The molecule has 1 aliphatic rings. The smallest absolute Gasteiger partial charge is 0.141 e. The molecule has 0 radical (unpaired) electrons. The third-order valence-corrected chi connectivity index (χ3v) is 5.26. The average molecular weight is 281 g/mol. The molecule has 3 heterocycles. The van der Waals surface area contributed by atoms with Crippen LogP contribution in [-0.4, -0.2) is 15.8 Å². The highest BCUT2D eigenvalue weighted by molar-refractivity contribution is 7.98. The van der Waals surface area contributed by atoms with Crippen molar-refractivity contribution in [3.8, 4) is 0 Å². The highest BCUT2D eigenvalue weighted by Crippen LogP contribution is 2.36. The lowest BCUT2D eigenvalue weighted by Crippen LogP contribution is -1.98. The van der Waals surface area contributed by atoms with Crippen molar-refractivity contribution in [2.45, 2.75) is 18.3 Å². The van der Waals surface area contributed by atoms with E-state index >= 15 is 0 Å². The number of hydrogen-bond donors (Lipinski definition) is 1. The molecule has 0 amide bonds. The molecule has 0 saturated carbocycles. The van der Waals surface area contributed by atoms with Gasteiger partial charge in [-0.05, 0) is 29.9 Å². The number of aromatic nitrogens is 1. The summed E-state index contributed by atoms with van der Waals surface area (Å²) < 4.78 is 13.1. The number of hydrogen-bond acceptors (Lipinski definition) is 4. The van der Waals surface area contributed by atoms with E-state index in [0.717, 1.165) is 29.0 Å². The number of aryl methyl sites for hydroxylation is 1. The second-order valence-corrected chi connectivity index (χ2v) is 6.51. The maximum atomic E-state index is 13.1. The molecule has 0 spiro atoms. The Labute approximate surface area is 113 Å². The second kappa shape index (κ2) is 4.99. The molecule has 0 bridgehead atoms. The minimum atomic E-state index is -0.770. The number of halogens is 1. The zero-order valence-electron chi connectivity index (χ0n) is 9.60. The van der Waals surface area contributed by atoms with E-state index in [4.69, 9.17) is 0 Å². The minimum Gasteiger partial charge on any atom is -0.383 e. The molecule has 0 fully saturated rings. The van der Waals surface area contributed by atoms with Crippen LogP contribution >= 0.6 is 23.1 Å². The van der Waals surface area contributed by atoms with Crippen molar-refractivity contribution >= 4 is 23.1 Å². The van der Waals surface area contributed by atoms with Gasteiger partial charge in [0.1, 0.15) is 11.9 Å². The molecule has 2 aromatic heterocycles. The number of nitrogens with zero attached hydrogens (tertiary/aromatic N) is 1. The molecule has 0 aliphatic carbocycles. The summed E-state index contributed by atoms with van der Waals surface area (Å²) in [6, 6.07) is 3.38. The van der Waals surface area contributed by atoms with Gasteiger partial charge in [-0.1, -0.05) is 0 Å². The van der Waals surface area contributed by atoms with E-state index in [1.807, 2.05) is 17.8 Å². The number of thioether (sulfide) groups is 1. The summed E-state index contributed by atoms with van der Waals surface area (Å²) in [5.41, 5.74) is 1.83. The Hall–Kier alpha value is -0.910. The van der Waals surface area contributed by atoms with E-state index in [1.165, 1.54) is 22.7 Å². The molecule has 18 heavy (non-hydrogen) atoms. The summed E-state index contributed by atoms with van der Waals surface area (Å²) in [6.45, 7) is 0. The largest absolute Gasteiger partial charge is 0.383 e. The molecule has 3 rings (SSSR count). The van der Waals surface area contributed by atoms with Crippen LogP contribution in [0.2, 0.25) is 0 Å². The predicted octanol–water partition coefficient (Wildman–Crippen LogP) is 3.15. The summed E-state index contributed by atoms with van der Waals surface area (Å²) >= 11 is 3.54. The number of fused-ring (bicyclic) bond motifs is 1. The summed E-state index contributed by atoms with van der Waals surface area (Å²) in [5, 5.41) is 10.3. The zero-order chi connectivity index (χ0) is 12.5. The van der Waals surface area contributed by atoms with Crippen LogP contribution in [-0.2, 0) is 12.2 Å². The fraction of sp³-hybridized carbons (Fsp3) is 0.308. The third kappa shape index (κ3) is 2.30. The maximum Gasteiger partial charge on any atom is 0.141 e. The first-order valence-electron chi connectivity index (χ1n) is 5.72. The SMILES string of the molecule is OC(c1cncc(F)c1)c1cc2c(s1)CCSC2. The van der Waals surface area contributed by atoms with Crippen molar-refractivity contribution in [1.82, 2.24) is 4.98 Å². The topological polar surface area (TPSA) is 33.1 Å². The Morgan fingerprint density at radius 3 is 3.00 bits per heavy atom. The maximum absolute atomic E-state index is 13.1. The van der Waals surface area contributed by atoms with Gasteiger partial charge in [0.15, 0.2) is 0 Å². The molecular weight excluding hydrogens is 269 g/mol. The molecule has 0 saturated heterocycles. The highest BCUT2D eigenvalue weighted by atomic mass is 32.2. The third-order valence-electron chi connectivity index (χ3n) is 2.96. The van der Waals surface area contributed by atoms with Crippen LogP contribution in [0.15, 0.2) is 24.5 Å². The summed E-state index contributed by atoms with van der Waals surface area (Å²) in [6.07, 6.45) is 2.96. The molecule has 94 valence electrons. The lowest BCUT2D eigenvalue weighted by Gasteiger charge is -2.08. The number of aliphatic hydroxyl groups is 1. The van der Waals surface area contributed by atoms with Crippen LogP contribution in [0, 0.1) is 5.82 Å². The molecule has 1 atom stereocenters. The Bertz CT molecular complexity index is 546. The second-order valence-electron chi connectivity index (χ2n) is 4.24. The summed E-state index contributed by atoms with van der Waals surface area (Å²) in [5.74, 6) is 1.74. The molecule has 1 N–H and O–H groups in total. The van der Waals surface area contributed by atoms with Crippen molar-refractivity contribution in [3.05, 3.63) is 51.2 Å². The van der Waals surface area contributed by atoms with Gasteiger partial charge in [-0.2, -0.15) is 11.8 Å². The molecule has 5 heteroatoms. The van der Waals surface area contributed by atoms with E-state index in [9.17, 15) is 9.50 Å². The van der Waals surface area contributed by atoms with Crippen LogP contribution in [0.25, 0.3) is 0 Å². The number of rotatable bonds is 2. The summed E-state index contributed by atoms with van der Waals surface area (Å²) in [4.78, 5) is 6.02. The fourth-order valence-electron chi connectivity index (χ4n) is 2.05. The number of aliphatic hydroxyl groups excluding tert-OH is 1. The molecule has 0 aromatic carbocycles. The van der Waals surface area contributed by atoms with Gasteiger partial charge in [0, 0.05) is 27.3 Å². The van der Waals surface area contributed by atoms with Crippen molar-refractivity contribution in [1.29, 1.82) is 0 Å². The van der Waals surface area contributed by atoms with Gasteiger partial charge in [0.2, 0.25) is 0 Å². The van der Waals surface area contributed by atoms with Gasteiger partial charge in [0.25, 0.3) is 0 Å². The number of thiophene rings is 1. The molecule has 1 unspecified atom stereocenters. The number of pyridine rings is 1. The normalized spacial score (nSPS) is 16.3. The van der Waals surface area contributed by atoms with Crippen LogP contribution in [0.3, 0.4) is 0 Å². The quantitative estimate of drug-likeness (QED) is 0.918. The van der Waals surface area contributed by atoms with Gasteiger partial charge in [-0.3, -0.25) is 4.98 Å². The standard InChI is InChI=1S/C13H12FNOS2/c14-10-3-8(5-15-6-10)13(16)12-4-9-7-17-2-1-11(9)18-12/h3-6,13,16H,1-2,7H2. The van der Waals surface area contributed by atoms with Crippen molar-refractivity contribution in [3.63, 3.8) is 0 Å². The monoisotopic (exact) mass is 281 g/mol. The Morgan fingerprint density at radius 1 is 1.33 bits per heavy atom. The Morgan fingerprint density at radius 2 is 2.22 bits per heavy atom. The van der Waals surface area contributed by atoms with Gasteiger partial charge in [0.05, 0.1) is 6.20 Å². The van der Waals surface area contributed by atoms with Crippen LogP contribution in [0.5, 0.6) is 0 Å². The molecular formula is C13H12FNOS2. The first-order chi connectivity index (χ1) is 8.74. The summed E-state index contributed by atoms with van der Waals surface area (Å²) in [7, 11) is 0. The van der Waals surface area contributed by atoms with Crippen LogP contribution in [0.1, 0.15) is 27.0 Å². The fourth-order valence-corrected chi connectivity index (χ4v) is 4.44. The first-order valence-corrected chi connectivity index (χ1v) is 7.69. The van der Waals surface area contributed by atoms with Gasteiger partial charge in [-0.25, -0.2) is 4.39 Å². The molecule has 1 aliphatic heterocycles. The first kappa shape index (κ1) is 12.1. The zero-order valence-corrected chi connectivity index (χ0v) is 11.2. The average Bonchev–Trinajstić information content (AvgIpc) is 2.81. The lowest BCUT2D eigenvalue weighted by atomic mass is 10.1. The van der Waals surface area contributed by atoms with E-state index in [1.54, 1.807) is 11.3 Å². The van der Waals surface area contributed by atoms with Gasteiger partial charge >= 0.3 is 0 Å². The van der Waals surface area contributed by atoms with Gasteiger partial charge in [-0.15, -0.1) is 11.3 Å². The van der Waals surface area contributed by atoms with Crippen molar-refractivity contribution < 1.29 is 9.50 Å². The van der Waals surface area contributed by atoms with Crippen LogP contribution < -0.4 is 0 Å². The van der Waals surface area contributed by atoms with E-state index in [0.29, 0.717) is 5.56 Å². The molecule has 2 nitrogen and oxygen atoms in total. The van der Waals surface area contributed by atoms with Crippen LogP contribution in [0.4, 0.5) is 4.39 Å². The van der Waals surface area contributed by atoms with Crippen molar-refractivity contribution in [2.24, 2.45) is 0 Å². The minimum absolute atomic E-state index is 0.413.